The molecule has 2 heterocycles. The van der Waals surface area contributed by atoms with Crippen LogP contribution >= 0.6 is 0 Å². The molecule has 0 spiro atoms. The summed E-state index contributed by atoms with van der Waals surface area (Å²) in [4.78, 5) is 4.42. The number of piperidine rings is 1. The highest BCUT2D eigenvalue weighted by molar-refractivity contribution is 5.49. The molecule has 2 saturated heterocycles. The van der Waals surface area contributed by atoms with Crippen LogP contribution in [-0.4, -0.2) is 86.0 Å². The number of nitrogens with zero attached hydrogens (tertiary/aromatic N) is 2. The van der Waals surface area contributed by atoms with Gasteiger partial charge in [0.1, 0.15) is 23.7 Å². The van der Waals surface area contributed by atoms with Gasteiger partial charge in [0, 0.05) is 38.4 Å². The first kappa shape index (κ1) is 23.8. The minimum Gasteiger partial charge on any atom is -0.497 e. The van der Waals surface area contributed by atoms with Crippen molar-refractivity contribution in [2.45, 2.75) is 31.0 Å². The second-order valence-corrected chi connectivity index (χ2v) is 9.50. The first-order chi connectivity index (χ1) is 15.9. The van der Waals surface area contributed by atoms with Gasteiger partial charge in [-0.2, -0.15) is 0 Å². The highest BCUT2D eigenvalue weighted by atomic mass is 16.5. The number of anilines is 1. The lowest BCUT2D eigenvalue weighted by Crippen LogP contribution is -2.55. The largest absolute Gasteiger partial charge is 0.497 e. The smallest absolute Gasteiger partial charge is 0.134 e. The van der Waals surface area contributed by atoms with Gasteiger partial charge in [0.15, 0.2) is 0 Å². The summed E-state index contributed by atoms with van der Waals surface area (Å²) in [6, 6.07) is 15.8. The predicted molar refractivity (Wildman–Crippen MR) is 128 cm³/mol. The van der Waals surface area contributed by atoms with E-state index in [-0.39, 0.29) is 13.2 Å². The number of aryl methyl sites for hydroxylation is 1. The highest BCUT2D eigenvalue weighted by Crippen LogP contribution is 2.29. The Kier molecular flexibility index (Phi) is 7.44. The average molecular weight is 457 g/mol. The molecular weight excluding hydrogens is 420 g/mol. The first-order valence-electron chi connectivity index (χ1n) is 11.7. The molecule has 2 fully saturated rings. The van der Waals surface area contributed by atoms with Crippen molar-refractivity contribution < 1.29 is 24.4 Å². The maximum absolute atomic E-state index is 11.3. The zero-order valence-corrected chi connectivity index (χ0v) is 19.7. The number of benzene rings is 2. The lowest BCUT2D eigenvalue weighted by atomic mass is 9.90. The maximum atomic E-state index is 11.3. The monoisotopic (exact) mass is 456 g/mol. The van der Waals surface area contributed by atoms with E-state index < -0.39 is 11.2 Å². The van der Waals surface area contributed by atoms with E-state index in [4.69, 9.17) is 14.2 Å². The van der Waals surface area contributed by atoms with Gasteiger partial charge >= 0.3 is 0 Å². The normalized spacial score (nSPS) is 23.7. The molecule has 2 aromatic rings. The number of hydrogen-bond acceptors (Lipinski definition) is 7. The Balaban J connectivity index is 1.31. The van der Waals surface area contributed by atoms with Gasteiger partial charge in [-0.3, -0.25) is 4.90 Å². The maximum Gasteiger partial charge on any atom is 0.134 e. The highest BCUT2D eigenvalue weighted by Gasteiger charge is 2.39. The van der Waals surface area contributed by atoms with E-state index in [1.165, 1.54) is 0 Å². The fourth-order valence-corrected chi connectivity index (χ4v) is 4.62. The summed E-state index contributed by atoms with van der Waals surface area (Å²) < 4.78 is 16.8. The van der Waals surface area contributed by atoms with E-state index >= 15 is 0 Å². The molecule has 0 bridgehead atoms. The standard InChI is InChI=1S/C26H36N2O5/c1-21-3-7-24(8-4-21)33-20-26(30)18-27(15-16-32-19-26)17-25(29)11-13-28(14-12-25)22-5-9-23(31-2)10-6-22/h3-10,29-30H,11-20H2,1-2H3/t26-/m0/s1. The summed E-state index contributed by atoms with van der Waals surface area (Å²) in [6.07, 6.45) is 1.35. The molecule has 0 saturated carbocycles. The third kappa shape index (κ3) is 6.38. The lowest BCUT2D eigenvalue weighted by Gasteiger charge is -2.42. The molecule has 0 radical (unpaired) electrons. The van der Waals surface area contributed by atoms with Crippen LogP contribution in [-0.2, 0) is 4.74 Å². The molecule has 2 N–H and O–H groups in total. The quantitative estimate of drug-likeness (QED) is 0.663. The van der Waals surface area contributed by atoms with Crippen LogP contribution in [0.2, 0.25) is 0 Å². The van der Waals surface area contributed by atoms with Crippen LogP contribution in [0.1, 0.15) is 18.4 Å². The van der Waals surface area contributed by atoms with Crippen molar-refractivity contribution in [3.63, 3.8) is 0 Å². The predicted octanol–water partition coefficient (Wildman–Crippen LogP) is 2.48. The summed E-state index contributed by atoms with van der Waals surface area (Å²) in [7, 11) is 1.67. The minimum absolute atomic E-state index is 0.149. The molecule has 7 nitrogen and oxygen atoms in total. The van der Waals surface area contributed by atoms with Crippen LogP contribution in [0.5, 0.6) is 11.5 Å². The van der Waals surface area contributed by atoms with E-state index in [2.05, 4.69) is 21.9 Å². The zero-order valence-electron chi connectivity index (χ0n) is 19.7. The van der Waals surface area contributed by atoms with Crippen LogP contribution in [0.25, 0.3) is 0 Å². The molecular formula is C26H36N2O5. The number of hydrogen-bond donors (Lipinski definition) is 2. The van der Waals surface area contributed by atoms with Crippen molar-refractivity contribution in [1.29, 1.82) is 0 Å². The Morgan fingerprint density at radius 2 is 1.58 bits per heavy atom. The van der Waals surface area contributed by atoms with Crippen molar-refractivity contribution in [3.8, 4) is 11.5 Å². The minimum atomic E-state index is -1.12. The summed E-state index contributed by atoms with van der Waals surface area (Å²) in [5, 5.41) is 22.5. The third-order valence-corrected chi connectivity index (χ3v) is 6.62. The van der Waals surface area contributed by atoms with Crippen molar-refractivity contribution in [2.24, 2.45) is 0 Å². The van der Waals surface area contributed by atoms with Gasteiger partial charge in [0.05, 0.1) is 25.9 Å². The fourth-order valence-electron chi connectivity index (χ4n) is 4.62. The molecule has 0 amide bonds. The van der Waals surface area contributed by atoms with Gasteiger partial charge < -0.3 is 29.3 Å². The van der Waals surface area contributed by atoms with Gasteiger partial charge in [0.2, 0.25) is 0 Å². The van der Waals surface area contributed by atoms with Crippen molar-refractivity contribution in [1.82, 2.24) is 4.90 Å². The van der Waals surface area contributed by atoms with Gasteiger partial charge in [-0.1, -0.05) is 17.7 Å². The molecule has 2 aromatic carbocycles. The van der Waals surface area contributed by atoms with Gasteiger partial charge in [-0.15, -0.1) is 0 Å². The molecule has 2 aliphatic rings. The van der Waals surface area contributed by atoms with E-state index in [1.807, 2.05) is 43.3 Å². The molecule has 180 valence electrons. The number of ether oxygens (including phenoxy) is 3. The Morgan fingerprint density at radius 1 is 0.909 bits per heavy atom. The topological polar surface area (TPSA) is 74.6 Å². The molecule has 0 unspecified atom stereocenters. The summed E-state index contributed by atoms with van der Waals surface area (Å²) in [6.45, 7) is 6.10. The second kappa shape index (κ2) is 10.3. The fraction of sp³-hybridized carbons (Fsp3) is 0.538. The van der Waals surface area contributed by atoms with Crippen molar-refractivity contribution in [3.05, 3.63) is 54.1 Å². The van der Waals surface area contributed by atoms with Crippen LogP contribution in [0.4, 0.5) is 5.69 Å². The van der Waals surface area contributed by atoms with E-state index in [0.29, 0.717) is 39.1 Å². The number of aliphatic hydroxyl groups is 2. The molecule has 0 aromatic heterocycles. The van der Waals surface area contributed by atoms with Gasteiger partial charge in [-0.05, 0) is 56.2 Å². The summed E-state index contributed by atoms with van der Waals surface area (Å²) >= 11 is 0. The summed E-state index contributed by atoms with van der Waals surface area (Å²) in [5.74, 6) is 1.57. The molecule has 1 atom stereocenters. The van der Waals surface area contributed by atoms with Crippen molar-refractivity contribution in [2.75, 3.05) is 64.6 Å². The number of β-amino-alcohol motifs (C(OH)–C–C–N with tert-alkyl or cyclic N) is 2. The molecule has 0 aliphatic carbocycles. The first-order valence-corrected chi connectivity index (χ1v) is 11.7. The lowest BCUT2D eigenvalue weighted by molar-refractivity contribution is -0.0742. The molecule has 2 aliphatic heterocycles. The van der Waals surface area contributed by atoms with Crippen LogP contribution in [0, 0.1) is 6.92 Å². The van der Waals surface area contributed by atoms with Gasteiger partial charge in [0.25, 0.3) is 0 Å². The van der Waals surface area contributed by atoms with E-state index in [9.17, 15) is 10.2 Å². The van der Waals surface area contributed by atoms with Crippen LogP contribution in [0.15, 0.2) is 48.5 Å². The van der Waals surface area contributed by atoms with Crippen molar-refractivity contribution >= 4 is 5.69 Å². The molecule has 33 heavy (non-hydrogen) atoms. The van der Waals surface area contributed by atoms with E-state index in [0.717, 1.165) is 35.8 Å². The molecule has 4 rings (SSSR count). The Labute approximate surface area is 196 Å². The second-order valence-electron chi connectivity index (χ2n) is 9.50. The number of methoxy groups -OCH3 is 1. The summed E-state index contributed by atoms with van der Waals surface area (Å²) in [5.41, 5.74) is 0.396. The van der Waals surface area contributed by atoms with Crippen LogP contribution in [0.3, 0.4) is 0 Å². The Hall–Kier alpha value is -2.32. The average Bonchev–Trinajstić information content (AvgIpc) is 3.00. The SMILES string of the molecule is COc1ccc(N2CCC(O)(CN3CCOC[C@](O)(COc4ccc(C)cc4)C3)CC2)cc1. The number of rotatable bonds is 7. The molecule has 7 heteroatoms. The zero-order chi connectivity index (χ0) is 23.3. The Morgan fingerprint density at radius 3 is 2.24 bits per heavy atom. The van der Waals surface area contributed by atoms with Crippen LogP contribution < -0.4 is 14.4 Å². The third-order valence-electron chi connectivity index (χ3n) is 6.62. The Bertz CT molecular complexity index is 881. The van der Waals surface area contributed by atoms with Gasteiger partial charge in [-0.25, -0.2) is 0 Å². The van der Waals surface area contributed by atoms with E-state index in [1.54, 1.807) is 7.11 Å².